The predicted octanol–water partition coefficient (Wildman–Crippen LogP) is 0.874. The van der Waals surface area contributed by atoms with E-state index in [1.807, 2.05) is 6.07 Å². The Hall–Kier alpha value is -2.63. The van der Waals surface area contributed by atoms with Crippen LogP contribution in [0.4, 0.5) is 0 Å². The molecule has 0 aliphatic heterocycles. The summed E-state index contributed by atoms with van der Waals surface area (Å²) in [6.07, 6.45) is 1.75. The van der Waals surface area contributed by atoms with Crippen LogP contribution >= 0.6 is 0 Å². The van der Waals surface area contributed by atoms with Crippen LogP contribution in [-0.4, -0.2) is 25.4 Å². The number of aromatic carboxylic acids is 1. The van der Waals surface area contributed by atoms with E-state index >= 15 is 0 Å². The van der Waals surface area contributed by atoms with Gasteiger partial charge in [0.2, 0.25) is 0 Å². The van der Waals surface area contributed by atoms with Crippen molar-refractivity contribution >= 4 is 22.8 Å². The van der Waals surface area contributed by atoms with Crippen LogP contribution in [0, 0.1) is 0 Å². The molecule has 3 aromatic heterocycles. The zero-order chi connectivity index (χ0) is 12.0. The first-order valence-electron chi connectivity index (χ1n) is 4.90. The van der Waals surface area contributed by atoms with E-state index in [2.05, 4.69) is 9.97 Å². The Morgan fingerprint density at radius 3 is 3.00 bits per heavy atom. The quantitative estimate of drug-likeness (QED) is 0.648. The summed E-state index contributed by atoms with van der Waals surface area (Å²) >= 11 is 0. The van der Waals surface area contributed by atoms with Gasteiger partial charge in [0.05, 0.1) is 0 Å². The van der Waals surface area contributed by atoms with Gasteiger partial charge in [0.1, 0.15) is 22.4 Å². The van der Waals surface area contributed by atoms with E-state index in [1.54, 1.807) is 22.7 Å². The Morgan fingerprint density at radius 2 is 2.24 bits per heavy atom. The lowest BCUT2D eigenvalue weighted by Gasteiger charge is -1.95. The molecule has 3 heterocycles. The molecule has 0 aromatic carbocycles. The number of hydrogen-bond donors (Lipinski definition) is 2. The maximum absolute atomic E-state index is 11.5. The van der Waals surface area contributed by atoms with Gasteiger partial charge >= 0.3 is 5.97 Å². The topological polar surface area (TPSA) is 87.5 Å². The zero-order valence-corrected chi connectivity index (χ0v) is 8.54. The largest absolute Gasteiger partial charge is 0.477 e. The highest BCUT2D eigenvalue weighted by molar-refractivity contribution is 5.91. The molecular formula is C11H7N3O3. The Balaban J connectivity index is 2.50. The maximum Gasteiger partial charge on any atom is 0.341 e. The molecule has 6 heteroatoms. The summed E-state index contributed by atoms with van der Waals surface area (Å²) in [7, 11) is 0. The Labute approximate surface area is 94.2 Å². The number of aromatic amines is 1. The molecule has 0 atom stereocenters. The van der Waals surface area contributed by atoms with Gasteiger partial charge < -0.3 is 10.1 Å². The van der Waals surface area contributed by atoms with Gasteiger partial charge in [-0.1, -0.05) is 6.07 Å². The molecule has 0 amide bonds. The van der Waals surface area contributed by atoms with Gasteiger partial charge in [-0.25, -0.2) is 9.78 Å². The number of nitrogens with one attached hydrogen (secondary N) is 1. The van der Waals surface area contributed by atoms with E-state index in [1.165, 1.54) is 6.07 Å². The number of imidazole rings is 1. The molecule has 0 radical (unpaired) electrons. The van der Waals surface area contributed by atoms with E-state index in [0.717, 1.165) is 0 Å². The monoisotopic (exact) mass is 229 g/mol. The van der Waals surface area contributed by atoms with Gasteiger partial charge in [0, 0.05) is 6.20 Å². The molecule has 6 nitrogen and oxygen atoms in total. The SMILES string of the molecule is O=C(O)c1cc2nc3ccccn3c2[nH]c1=O. The van der Waals surface area contributed by atoms with Gasteiger partial charge in [-0.3, -0.25) is 9.20 Å². The van der Waals surface area contributed by atoms with Crippen molar-refractivity contribution in [2.24, 2.45) is 0 Å². The van der Waals surface area contributed by atoms with Crippen LogP contribution in [0.1, 0.15) is 10.4 Å². The highest BCUT2D eigenvalue weighted by Gasteiger charge is 2.13. The Kier molecular flexibility index (Phi) is 1.79. The smallest absolute Gasteiger partial charge is 0.341 e. The normalized spacial score (nSPS) is 11.1. The molecule has 0 aliphatic carbocycles. The standard InChI is InChI=1S/C11H7N3O3/c15-10-6(11(16)17)5-7-9(13-10)14-4-2-1-3-8(14)12-7/h1-5H,(H,13,15)(H,16,17). The minimum absolute atomic E-state index is 0.305. The number of H-pyrrole nitrogens is 1. The number of carbonyl (C=O) groups is 1. The lowest BCUT2D eigenvalue weighted by molar-refractivity contribution is 0.0695. The molecule has 0 saturated heterocycles. The highest BCUT2D eigenvalue weighted by atomic mass is 16.4. The molecule has 0 fully saturated rings. The minimum atomic E-state index is -1.26. The predicted molar refractivity (Wildman–Crippen MR) is 60.3 cm³/mol. The average Bonchev–Trinajstić information content (AvgIpc) is 2.65. The molecular weight excluding hydrogens is 222 g/mol. The number of hydrogen-bond acceptors (Lipinski definition) is 3. The number of nitrogens with zero attached hydrogens (tertiary/aromatic N) is 2. The summed E-state index contributed by atoms with van der Waals surface area (Å²) in [4.78, 5) is 29.1. The molecule has 0 spiro atoms. The second-order valence-electron chi connectivity index (χ2n) is 3.59. The van der Waals surface area contributed by atoms with Gasteiger partial charge in [-0.05, 0) is 18.2 Å². The first-order chi connectivity index (χ1) is 8.16. The fourth-order valence-corrected chi connectivity index (χ4v) is 1.77. The summed E-state index contributed by atoms with van der Waals surface area (Å²) in [6.45, 7) is 0. The van der Waals surface area contributed by atoms with Crippen LogP contribution in [-0.2, 0) is 0 Å². The second kappa shape index (κ2) is 3.18. The van der Waals surface area contributed by atoms with E-state index in [-0.39, 0.29) is 5.56 Å². The van der Waals surface area contributed by atoms with Crippen molar-refractivity contribution in [3.8, 4) is 0 Å². The number of carboxylic acid groups (broad SMARTS) is 1. The van der Waals surface area contributed by atoms with Crippen LogP contribution in [0.25, 0.3) is 16.8 Å². The fraction of sp³-hybridized carbons (Fsp3) is 0. The van der Waals surface area contributed by atoms with Crippen LogP contribution in [0.5, 0.6) is 0 Å². The second-order valence-corrected chi connectivity index (χ2v) is 3.59. The Morgan fingerprint density at radius 1 is 1.41 bits per heavy atom. The van der Waals surface area contributed by atoms with Crippen molar-refractivity contribution in [3.63, 3.8) is 0 Å². The first-order valence-corrected chi connectivity index (χ1v) is 4.90. The number of carboxylic acids is 1. The molecule has 0 aliphatic rings. The third-order valence-electron chi connectivity index (χ3n) is 2.54. The third kappa shape index (κ3) is 1.31. The van der Waals surface area contributed by atoms with E-state index in [4.69, 9.17) is 5.11 Å². The van der Waals surface area contributed by atoms with Crippen molar-refractivity contribution in [2.45, 2.75) is 0 Å². The number of aromatic nitrogens is 3. The molecule has 3 aromatic rings. The molecule has 2 N–H and O–H groups in total. The van der Waals surface area contributed by atoms with Crippen LogP contribution in [0.3, 0.4) is 0 Å². The molecule has 84 valence electrons. The summed E-state index contributed by atoms with van der Waals surface area (Å²) in [5.74, 6) is -1.26. The highest BCUT2D eigenvalue weighted by Crippen LogP contribution is 2.13. The van der Waals surface area contributed by atoms with Crippen LogP contribution in [0.15, 0.2) is 35.3 Å². The Bertz CT molecular complexity index is 800. The lowest BCUT2D eigenvalue weighted by Crippen LogP contribution is -2.17. The average molecular weight is 229 g/mol. The zero-order valence-electron chi connectivity index (χ0n) is 8.54. The molecule has 0 saturated carbocycles. The number of rotatable bonds is 1. The summed E-state index contributed by atoms with van der Waals surface area (Å²) in [6, 6.07) is 6.68. The van der Waals surface area contributed by atoms with Crippen molar-refractivity contribution in [2.75, 3.05) is 0 Å². The van der Waals surface area contributed by atoms with Crippen molar-refractivity contribution < 1.29 is 9.90 Å². The van der Waals surface area contributed by atoms with E-state index < -0.39 is 11.5 Å². The lowest BCUT2D eigenvalue weighted by atomic mass is 10.2. The maximum atomic E-state index is 11.5. The van der Waals surface area contributed by atoms with Crippen molar-refractivity contribution in [3.05, 3.63) is 46.4 Å². The summed E-state index contributed by atoms with van der Waals surface area (Å²) in [5, 5.41) is 8.85. The number of fused-ring (bicyclic) bond motifs is 3. The number of pyridine rings is 2. The van der Waals surface area contributed by atoms with Crippen molar-refractivity contribution in [1.82, 2.24) is 14.4 Å². The van der Waals surface area contributed by atoms with E-state index in [0.29, 0.717) is 16.8 Å². The molecule has 3 rings (SSSR count). The fourth-order valence-electron chi connectivity index (χ4n) is 1.77. The van der Waals surface area contributed by atoms with Crippen LogP contribution < -0.4 is 5.56 Å². The molecule has 0 unspecified atom stereocenters. The summed E-state index contributed by atoms with van der Waals surface area (Å²) in [5.41, 5.74) is 0.668. The van der Waals surface area contributed by atoms with Crippen LogP contribution in [0.2, 0.25) is 0 Å². The van der Waals surface area contributed by atoms with Gasteiger partial charge in [0.15, 0.2) is 0 Å². The van der Waals surface area contributed by atoms with Gasteiger partial charge in [0.25, 0.3) is 5.56 Å². The third-order valence-corrected chi connectivity index (χ3v) is 2.54. The molecule has 0 bridgehead atoms. The summed E-state index contributed by atoms with van der Waals surface area (Å²) < 4.78 is 1.70. The van der Waals surface area contributed by atoms with E-state index in [9.17, 15) is 9.59 Å². The van der Waals surface area contributed by atoms with Gasteiger partial charge in [-0.2, -0.15) is 0 Å². The molecule has 17 heavy (non-hydrogen) atoms. The van der Waals surface area contributed by atoms with Gasteiger partial charge in [-0.15, -0.1) is 0 Å². The first kappa shape index (κ1) is 9.59. The minimum Gasteiger partial charge on any atom is -0.477 e. The van der Waals surface area contributed by atoms with Crippen molar-refractivity contribution in [1.29, 1.82) is 0 Å².